The molecule has 2 unspecified atom stereocenters. The molecule has 0 radical (unpaired) electrons. The summed E-state index contributed by atoms with van der Waals surface area (Å²) in [5.41, 5.74) is 2.30. The van der Waals surface area contributed by atoms with Crippen LogP contribution < -0.4 is 4.74 Å². The molecule has 0 fully saturated rings. The van der Waals surface area contributed by atoms with Crippen LogP contribution in [0.15, 0.2) is 63.4 Å². The van der Waals surface area contributed by atoms with Gasteiger partial charge in [-0.2, -0.15) is 5.10 Å². The van der Waals surface area contributed by atoms with Gasteiger partial charge in [-0.3, -0.25) is 0 Å². The van der Waals surface area contributed by atoms with E-state index < -0.39 is 0 Å². The van der Waals surface area contributed by atoms with Gasteiger partial charge < -0.3 is 9.15 Å². The van der Waals surface area contributed by atoms with Crippen molar-refractivity contribution in [2.24, 2.45) is 5.10 Å². The number of hydrogen-bond acceptors (Lipinski definition) is 5. The Labute approximate surface area is 144 Å². The number of fused-ring (bicyclic) bond motifs is 3. The molecule has 0 saturated heterocycles. The fourth-order valence-corrected chi connectivity index (χ4v) is 4.12. The lowest BCUT2D eigenvalue weighted by Gasteiger charge is -2.36. The van der Waals surface area contributed by atoms with Crippen LogP contribution in [-0.2, 0) is 0 Å². The molecule has 4 nitrogen and oxygen atoms in total. The minimum absolute atomic E-state index is 0.183. The smallest absolute Gasteiger partial charge is 0.246 e. The molecule has 2 aliphatic rings. The van der Waals surface area contributed by atoms with Gasteiger partial charge in [-0.05, 0) is 36.6 Å². The Kier molecular flexibility index (Phi) is 3.03. The Morgan fingerprint density at radius 1 is 1.12 bits per heavy atom. The lowest BCUT2D eigenvalue weighted by molar-refractivity contribution is -0.0329. The van der Waals surface area contributed by atoms with Gasteiger partial charge in [-0.25, -0.2) is 5.01 Å². The number of hydrazone groups is 1. The maximum atomic E-state index is 6.24. The number of benzene rings is 1. The van der Waals surface area contributed by atoms with Crippen LogP contribution in [0, 0.1) is 6.92 Å². The van der Waals surface area contributed by atoms with Crippen molar-refractivity contribution in [3.63, 3.8) is 0 Å². The molecule has 5 heteroatoms. The molecule has 2 aliphatic heterocycles. The highest BCUT2D eigenvalue weighted by molar-refractivity contribution is 7.12. The van der Waals surface area contributed by atoms with E-state index in [1.807, 2.05) is 31.2 Å². The summed E-state index contributed by atoms with van der Waals surface area (Å²) in [6, 6.07) is 16.5. The number of para-hydroxylation sites is 1. The standard InChI is InChI=1S/C19H16N2O2S/c1-12-8-9-17(22-12)19-21-15(13-5-2-3-6-16(13)23-19)11-14(20-21)18-7-4-10-24-18/h2-10,15,19H,11H2,1H3. The minimum atomic E-state index is -0.323. The van der Waals surface area contributed by atoms with E-state index in [1.165, 1.54) is 10.4 Å². The molecule has 120 valence electrons. The summed E-state index contributed by atoms with van der Waals surface area (Å²) in [6.07, 6.45) is 0.563. The number of rotatable bonds is 2. The minimum Gasteiger partial charge on any atom is -0.461 e. The number of thiophene rings is 1. The van der Waals surface area contributed by atoms with Crippen LogP contribution >= 0.6 is 11.3 Å². The molecule has 3 aromatic rings. The summed E-state index contributed by atoms with van der Waals surface area (Å²) in [5, 5.41) is 9.04. The average Bonchev–Trinajstić information content (AvgIpc) is 3.34. The maximum Gasteiger partial charge on any atom is 0.246 e. The predicted octanol–water partition coefficient (Wildman–Crippen LogP) is 4.89. The van der Waals surface area contributed by atoms with E-state index >= 15 is 0 Å². The summed E-state index contributed by atoms with van der Waals surface area (Å²) in [6.45, 7) is 1.95. The second-order valence-corrected chi connectivity index (χ2v) is 7.03. The Morgan fingerprint density at radius 2 is 2.04 bits per heavy atom. The molecule has 0 amide bonds. The first-order chi connectivity index (χ1) is 11.8. The molecular formula is C19H16N2O2S. The van der Waals surface area contributed by atoms with Crippen molar-refractivity contribution in [3.05, 3.63) is 75.9 Å². The zero-order valence-corrected chi connectivity index (χ0v) is 14.0. The van der Waals surface area contributed by atoms with Crippen LogP contribution in [0.2, 0.25) is 0 Å². The maximum absolute atomic E-state index is 6.24. The van der Waals surface area contributed by atoms with E-state index in [-0.39, 0.29) is 12.3 Å². The fourth-order valence-electron chi connectivity index (χ4n) is 3.40. The third-order valence-corrected chi connectivity index (χ3v) is 5.43. The van der Waals surface area contributed by atoms with E-state index in [2.05, 4.69) is 34.7 Å². The van der Waals surface area contributed by atoms with E-state index in [1.54, 1.807) is 11.3 Å². The molecule has 24 heavy (non-hydrogen) atoms. The summed E-state index contributed by atoms with van der Waals surface area (Å²) in [4.78, 5) is 1.22. The molecule has 5 rings (SSSR count). The summed E-state index contributed by atoms with van der Waals surface area (Å²) in [5.74, 6) is 2.59. The van der Waals surface area contributed by atoms with Crippen LogP contribution in [0.4, 0.5) is 0 Å². The van der Waals surface area contributed by atoms with Crippen molar-refractivity contribution in [3.8, 4) is 5.75 Å². The molecule has 1 aromatic carbocycles. The van der Waals surface area contributed by atoms with Crippen LogP contribution in [0.5, 0.6) is 5.75 Å². The third-order valence-electron chi connectivity index (χ3n) is 4.51. The van der Waals surface area contributed by atoms with Gasteiger partial charge in [0.2, 0.25) is 6.23 Å². The second kappa shape index (κ2) is 5.24. The number of ether oxygens (including phenoxy) is 1. The first kappa shape index (κ1) is 13.9. The van der Waals surface area contributed by atoms with Gasteiger partial charge in [0.05, 0.1) is 16.6 Å². The topological polar surface area (TPSA) is 38.0 Å². The molecular weight excluding hydrogens is 320 g/mol. The molecule has 0 N–H and O–H groups in total. The fraction of sp³-hybridized carbons (Fsp3) is 0.211. The number of furan rings is 1. The molecule has 0 spiro atoms. The van der Waals surface area contributed by atoms with Gasteiger partial charge in [-0.1, -0.05) is 24.3 Å². The van der Waals surface area contributed by atoms with Crippen LogP contribution in [0.3, 0.4) is 0 Å². The Morgan fingerprint density at radius 3 is 2.83 bits per heavy atom. The lowest BCUT2D eigenvalue weighted by Crippen LogP contribution is -2.33. The van der Waals surface area contributed by atoms with Crippen molar-refractivity contribution >= 4 is 17.0 Å². The van der Waals surface area contributed by atoms with Gasteiger partial charge in [0.15, 0.2) is 5.76 Å². The van der Waals surface area contributed by atoms with Crippen molar-refractivity contribution < 1.29 is 9.15 Å². The number of hydrogen-bond donors (Lipinski definition) is 0. The van der Waals surface area contributed by atoms with Gasteiger partial charge in [0.1, 0.15) is 11.5 Å². The van der Waals surface area contributed by atoms with Crippen LogP contribution in [0.25, 0.3) is 0 Å². The van der Waals surface area contributed by atoms with Crippen molar-refractivity contribution in [1.82, 2.24) is 5.01 Å². The average molecular weight is 336 g/mol. The van der Waals surface area contributed by atoms with E-state index in [9.17, 15) is 0 Å². The lowest BCUT2D eigenvalue weighted by atomic mass is 9.98. The Hall–Kier alpha value is -2.53. The highest BCUT2D eigenvalue weighted by atomic mass is 32.1. The van der Waals surface area contributed by atoms with Gasteiger partial charge in [0, 0.05) is 12.0 Å². The Balaban J connectivity index is 1.61. The molecule has 4 heterocycles. The van der Waals surface area contributed by atoms with E-state index in [0.717, 1.165) is 29.4 Å². The van der Waals surface area contributed by atoms with Crippen molar-refractivity contribution in [2.45, 2.75) is 25.6 Å². The highest BCUT2D eigenvalue weighted by Crippen LogP contribution is 2.47. The highest BCUT2D eigenvalue weighted by Gasteiger charge is 2.42. The van der Waals surface area contributed by atoms with Crippen LogP contribution in [-0.4, -0.2) is 10.7 Å². The summed E-state index contributed by atoms with van der Waals surface area (Å²) in [7, 11) is 0. The van der Waals surface area contributed by atoms with Gasteiger partial charge in [0.25, 0.3) is 0 Å². The molecule has 0 saturated carbocycles. The SMILES string of the molecule is Cc1ccc(C2Oc3ccccc3C3CC(c4cccs4)=NN32)o1. The van der Waals surface area contributed by atoms with Crippen LogP contribution in [0.1, 0.15) is 40.7 Å². The van der Waals surface area contributed by atoms with E-state index in [4.69, 9.17) is 14.3 Å². The molecule has 0 bridgehead atoms. The monoisotopic (exact) mass is 336 g/mol. The number of nitrogens with zero attached hydrogens (tertiary/aromatic N) is 2. The zero-order valence-electron chi connectivity index (χ0n) is 13.2. The van der Waals surface area contributed by atoms with Gasteiger partial charge in [-0.15, -0.1) is 11.3 Å². The van der Waals surface area contributed by atoms with Crippen molar-refractivity contribution in [2.75, 3.05) is 0 Å². The zero-order chi connectivity index (χ0) is 16.1. The third kappa shape index (κ3) is 2.08. The van der Waals surface area contributed by atoms with E-state index in [0.29, 0.717) is 0 Å². The first-order valence-corrected chi connectivity index (χ1v) is 8.89. The van der Waals surface area contributed by atoms with Gasteiger partial charge >= 0.3 is 0 Å². The number of aryl methyl sites for hydroxylation is 1. The first-order valence-electron chi connectivity index (χ1n) is 8.01. The normalized spacial score (nSPS) is 21.9. The molecule has 2 atom stereocenters. The Bertz CT molecular complexity index is 913. The largest absolute Gasteiger partial charge is 0.461 e. The molecule has 0 aliphatic carbocycles. The molecule has 2 aromatic heterocycles. The predicted molar refractivity (Wildman–Crippen MR) is 93.3 cm³/mol. The quantitative estimate of drug-likeness (QED) is 0.668. The summed E-state index contributed by atoms with van der Waals surface area (Å²) < 4.78 is 12.1. The second-order valence-electron chi connectivity index (χ2n) is 6.08. The summed E-state index contributed by atoms with van der Waals surface area (Å²) >= 11 is 1.73. The van der Waals surface area contributed by atoms with Crippen molar-refractivity contribution in [1.29, 1.82) is 0 Å².